The van der Waals surface area contributed by atoms with Crippen LogP contribution in [-0.2, 0) is 25.7 Å². The lowest BCUT2D eigenvalue weighted by molar-refractivity contribution is -0.143. The van der Waals surface area contributed by atoms with E-state index in [1.807, 2.05) is 43.3 Å². The standard InChI is InChI=1S/C30H40N4O5/c1-6-8-17-34(28(37)24(19-25(31)35)33-29(38)39-30(3,4)5)26(23-16-12-15-21(7-2)18-23)27(36)32-20-22-13-10-9-11-14-22/h7,9-16,18,24,26H,2,6,8,17,19-20H2,1,3-5H3,(H2,31,35)(H,32,36)(H,33,38). The summed E-state index contributed by atoms with van der Waals surface area (Å²) in [5, 5.41) is 5.42. The van der Waals surface area contributed by atoms with E-state index < -0.39 is 47.9 Å². The number of nitrogens with one attached hydrogen (secondary N) is 2. The monoisotopic (exact) mass is 536 g/mol. The second-order valence-corrected chi connectivity index (χ2v) is 10.2. The number of nitrogens with two attached hydrogens (primary N) is 1. The van der Waals surface area contributed by atoms with Crippen LogP contribution in [0.5, 0.6) is 0 Å². The van der Waals surface area contributed by atoms with Crippen LogP contribution >= 0.6 is 0 Å². The van der Waals surface area contributed by atoms with E-state index in [0.29, 0.717) is 12.0 Å². The Morgan fingerprint density at radius 3 is 2.36 bits per heavy atom. The number of carbonyl (C=O) groups is 4. The van der Waals surface area contributed by atoms with E-state index >= 15 is 0 Å². The Hall–Kier alpha value is -4.14. The van der Waals surface area contributed by atoms with Crippen molar-refractivity contribution in [2.75, 3.05) is 6.54 Å². The van der Waals surface area contributed by atoms with Gasteiger partial charge in [0.2, 0.25) is 17.7 Å². The summed E-state index contributed by atoms with van der Waals surface area (Å²) >= 11 is 0. The van der Waals surface area contributed by atoms with Gasteiger partial charge in [-0.2, -0.15) is 0 Å². The Morgan fingerprint density at radius 2 is 1.77 bits per heavy atom. The molecule has 2 rings (SSSR count). The molecule has 4 N–H and O–H groups in total. The molecule has 210 valence electrons. The second-order valence-electron chi connectivity index (χ2n) is 10.2. The predicted molar refractivity (Wildman–Crippen MR) is 151 cm³/mol. The van der Waals surface area contributed by atoms with Crippen molar-refractivity contribution in [1.29, 1.82) is 0 Å². The maximum Gasteiger partial charge on any atom is 0.408 e. The topological polar surface area (TPSA) is 131 Å². The van der Waals surface area contributed by atoms with E-state index in [0.717, 1.165) is 17.5 Å². The number of alkyl carbamates (subject to hydrolysis) is 1. The van der Waals surface area contributed by atoms with Gasteiger partial charge >= 0.3 is 6.09 Å². The fourth-order valence-electron chi connectivity index (χ4n) is 3.96. The summed E-state index contributed by atoms with van der Waals surface area (Å²) in [6.45, 7) is 11.3. The smallest absolute Gasteiger partial charge is 0.408 e. The molecule has 2 aromatic carbocycles. The number of unbranched alkanes of at least 4 members (excludes halogenated alkanes) is 1. The van der Waals surface area contributed by atoms with Gasteiger partial charge in [-0.3, -0.25) is 14.4 Å². The Bertz CT molecular complexity index is 1140. The van der Waals surface area contributed by atoms with Gasteiger partial charge in [0.25, 0.3) is 0 Å². The van der Waals surface area contributed by atoms with Crippen molar-refractivity contribution in [2.24, 2.45) is 5.73 Å². The molecule has 0 aliphatic carbocycles. The highest BCUT2D eigenvalue weighted by molar-refractivity contribution is 5.94. The second kappa shape index (κ2) is 14.7. The third-order valence-electron chi connectivity index (χ3n) is 5.76. The summed E-state index contributed by atoms with van der Waals surface area (Å²) in [6.07, 6.45) is 1.67. The van der Waals surface area contributed by atoms with Crippen molar-refractivity contribution >= 4 is 29.9 Å². The summed E-state index contributed by atoms with van der Waals surface area (Å²) in [4.78, 5) is 53.6. The van der Waals surface area contributed by atoms with Gasteiger partial charge in [0.1, 0.15) is 17.7 Å². The Balaban J connectivity index is 2.50. The summed E-state index contributed by atoms with van der Waals surface area (Å²) in [6, 6.07) is 14.2. The first-order valence-electron chi connectivity index (χ1n) is 13.1. The molecule has 0 aliphatic rings. The van der Waals surface area contributed by atoms with Crippen molar-refractivity contribution in [3.05, 3.63) is 77.9 Å². The van der Waals surface area contributed by atoms with E-state index in [-0.39, 0.29) is 13.1 Å². The first-order chi connectivity index (χ1) is 18.4. The number of nitrogens with zero attached hydrogens (tertiary/aromatic N) is 1. The quantitative estimate of drug-likeness (QED) is 0.355. The lowest BCUT2D eigenvalue weighted by atomic mass is 9.99. The van der Waals surface area contributed by atoms with Crippen molar-refractivity contribution in [1.82, 2.24) is 15.5 Å². The molecule has 0 saturated heterocycles. The third kappa shape index (κ3) is 10.3. The Kier molecular flexibility index (Phi) is 11.7. The van der Waals surface area contributed by atoms with E-state index in [2.05, 4.69) is 17.2 Å². The summed E-state index contributed by atoms with van der Waals surface area (Å²) < 4.78 is 5.31. The lowest BCUT2D eigenvalue weighted by Gasteiger charge is -2.34. The maximum absolute atomic E-state index is 14.0. The number of hydrogen-bond donors (Lipinski definition) is 3. The summed E-state index contributed by atoms with van der Waals surface area (Å²) in [5.41, 5.74) is 6.86. The third-order valence-corrected chi connectivity index (χ3v) is 5.76. The van der Waals surface area contributed by atoms with Crippen LogP contribution in [0.4, 0.5) is 4.79 Å². The molecule has 0 spiro atoms. The normalized spacial score (nSPS) is 12.5. The minimum Gasteiger partial charge on any atom is -0.444 e. The molecule has 2 atom stereocenters. The molecule has 0 saturated carbocycles. The molecular weight excluding hydrogens is 496 g/mol. The number of amides is 4. The van der Waals surface area contributed by atoms with E-state index in [9.17, 15) is 19.2 Å². The van der Waals surface area contributed by atoms with Crippen LogP contribution in [0.1, 0.15) is 69.7 Å². The van der Waals surface area contributed by atoms with Crippen LogP contribution in [-0.4, -0.2) is 46.9 Å². The van der Waals surface area contributed by atoms with Gasteiger partial charge < -0.3 is 26.0 Å². The minimum atomic E-state index is -1.32. The first-order valence-corrected chi connectivity index (χ1v) is 13.1. The van der Waals surface area contributed by atoms with Crippen LogP contribution < -0.4 is 16.4 Å². The van der Waals surface area contributed by atoms with Crippen molar-refractivity contribution in [2.45, 2.75) is 71.2 Å². The molecule has 4 amide bonds. The molecule has 0 fully saturated rings. The van der Waals surface area contributed by atoms with Gasteiger partial charge in [0.15, 0.2) is 0 Å². The molecule has 0 radical (unpaired) electrons. The minimum absolute atomic E-state index is 0.211. The molecule has 9 heteroatoms. The zero-order chi connectivity index (χ0) is 29.0. The average molecular weight is 537 g/mol. The highest BCUT2D eigenvalue weighted by Gasteiger charge is 2.36. The number of hydrogen-bond acceptors (Lipinski definition) is 5. The maximum atomic E-state index is 14.0. The van der Waals surface area contributed by atoms with Gasteiger partial charge in [-0.15, -0.1) is 0 Å². The molecule has 2 aromatic rings. The predicted octanol–water partition coefficient (Wildman–Crippen LogP) is 4.08. The van der Waals surface area contributed by atoms with Crippen molar-refractivity contribution in [3.8, 4) is 0 Å². The van der Waals surface area contributed by atoms with Gasteiger partial charge in [-0.25, -0.2) is 4.79 Å². The highest BCUT2D eigenvalue weighted by atomic mass is 16.6. The van der Waals surface area contributed by atoms with E-state index in [1.165, 1.54) is 4.90 Å². The Morgan fingerprint density at radius 1 is 1.08 bits per heavy atom. The Labute approximate surface area is 230 Å². The lowest BCUT2D eigenvalue weighted by Crippen LogP contribution is -2.54. The molecular formula is C30H40N4O5. The van der Waals surface area contributed by atoms with Crippen LogP contribution in [0, 0.1) is 0 Å². The fraction of sp³-hybridized carbons (Fsp3) is 0.400. The molecule has 0 heterocycles. The fourth-order valence-corrected chi connectivity index (χ4v) is 3.96. The molecule has 0 aliphatic heterocycles. The highest BCUT2D eigenvalue weighted by Crippen LogP contribution is 2.25. The van der Waals surface area contributed by atoms with Crippen LogP contribution in [0.3, 0.4) is 0 Å². The number of benzene rings is 2. The van der Waals surface area contributed by atoms with Crippen molar-refractivity contribution in [3.63, 3.8) is 0 Å². The molecule has 2 unspecified atom stereocenters. The molecule has 0 aromatic heterocycles. The molecule has 9 nitrogen and oxygen atoms in total. The summed E-state index contributed by atoms with van der Waals surface area (Å²) in [7, 11) is 0. The number of rotatable bonds is 13. The van der Waals surface area contributed by atoms with E-state index in [1.54, 1.807) is 45.0 Å². The largest absolute Gasteiger partial charge is 0.444 e. The molecule has 0 bridgehead atoms. The van der Waals surface area contributed by atoms with Crippen LogP contribution in [0.25, 0.3) is 6.08 Å². The van der Waals surface area contributed by atoms with Crippen molar-refractivity contribution < 1.29 is 23.9 Å². The summed E-state index contributed by atoms with van der Waals surface area (Å²) in [5.74, 6) is -1.80. The van der Waals surface area contributed by atoms with Gasteiger partial charge in [-0.05, 0) is 49.9 Å². The van der Waals surface area contributed by atoms with Gasteiger partial charge in [0.05, 0.1) is 6.42 Å². The molecule has 39 heavy (non-hydrogen) atoms. The number of primary amides is 1. The average Bonchev–Trinajstić information content (AvgIpc) is 2.88. The van der Waals surface area contributed by atoms with Gasteiger partial charge in [-0.1, -0.05) is 74.5 Å². The van der Waals surface area contributed by atoms with Crippen LogP contribution in [0.15, 0.2) is 61.2 Å². The zero-order valence-electron chi connectivity index (χ0n) is 23.2. The first kappa shape index (κ1) is 31.1. The van der Waals surface area contributed by atoms with E-state index in [4.69, 9.17) is 10.5 Å². The zero-order valence-corrected chi connectivity index (χ0v) is 23.2. The number of ether oxygens (including phenoxy) is 1. The SMILES string of the molecule is C=Cc1cccc(C(C(=O)NCc2ccccc2)N(CCCC)C(=O)C(CC(N)=O)NC(=O)OC(C)(C)C)c1. The van der Waals surface area contributed by atoms with Crippen LogP contribution in [0.2, 0.25) is 0 Å². The van der Waals surface area contributed by atoms with Gasteiger partial charge in [0, 0.05) is 13.1 Å². The number of carbonyl (C=O) groups excluding carboxylic acids is 4.